The fourth-order valence-electron chi connectivity index (χ4n) is 3.49. The van der Waals surface area contributed by atoms with Crippen LogP contribution in [0.25, 0.3) is 11.0 Å². The molecule has 1 saturated heterocycles. The van der Waals surface area contributed by atoms with Crippen molar-refractivity contribution in [1.82, 2.24) is 14.9 Å². The first-order valence-electron chi connectivity index (χ1n) is 8.20. The molecule has 3 heterocycles. The molecule has 4 heteroatoms. The van der Waals surface area contributed by atoms with Crippen molar-refractivity contribution in [2.75, 3.05) is 6.54 Å². The van der Waals surface area contributed by atoms with Gasteiger partial charge in [0.2, 0.25) is 0 Å². The largest absolute Gasteiger partial charge is 0.331 e. The number of halogens is 1. The van der Waals surface area contributed by atoms with Crippen LogP contribution in [-0.4, -0.2) is 22.1 Å². The lowest BCUT2D eigenvalue weighted by atomic mass is 10.1. The van der Waals surface area contributed by atoms with E-state index in [0.717, 1.165) is 30.2 Å². The number of hydrogen-bond donors (Lipinski definition) is 1. The molecule has 1 N–H and O–H groups in total. The van der Waals surface area contributed by atoms with E-state index in [1.807, 2.05) is 30.5 Å². The van der Waals surface area contributed by atoms with Gasteiger partial charge in [-0.05, 0) is 61.2 Å². The fraction of sp³-hybridized carbons (Fsp3) is 0.316. The van der Waals surface area contributed by atoms with Crippen molar-refractivity contribution in [3.05, 3.63) is 64.9 Å². The summed E-state index contributed by atoms with van der Waals surface area (Å²) in [7, 11) is 0. The van der Waals surface area contributed by atoms with Crippen molar-refractivity contribution in [2.24, 2.45) is 0 Å². The Bertz CT molecular complexity index is 818. The Labute approximate surface area is 141 Å². The van der Waals surface area contributed by atoms with Crippen molar-refractivity contribution >= 4 is 22.6 Å². The molecule has 0 spiro atoms. The molecular weight excluding hydrogens is 306 g/mol. The van der Waals surface area contributed by atoms with Gasteiger partial charge in [0.15, 0.2) is 0 Å². The zero-order chi connectivity index (χ0) is 15.6. The van der Waals surface area contributed by atoms with Crippen molar-refractivity contribution in [1.29, 1.82) is 0 Å². The van der Waals surface area contributed by atoms with Gasteiger partial charge in [0.25, 0.3) is 0 Å². The Kier molecular flexibility index (Phi) is 4.06. The molecule has 23 heavy (non-hydrogen) atoms. The monoisotopic (exact) mass is 325 g/mol. The number of rotatable bonds is 4. The molecule has 0 bridgehead atoms. The van der Waals surface area contributed by atoms with Crippen LogP contribution in [0.4, 0.5) is 0 Å². The highest BCUT2D eigenvalue weighted by molar-refractivity contribution is 6.30. The summed E-state index contributed by atoms with van der Waals surface area (Å²) in [6.45, 7) is 2.12. The van der Waals surface area contributed by atoms with E-state index in [9.17, 15) is 0 Å². The highest BCUT2D eigenvalue weighted by Gasteiger charge is 2.17. The highest BCUT2D eigenvalue weighted by Crippen LogP contribution is 2.24. The average Bonchev–Trinajstić information content (AvgIpc) is 3.17. The maximum absolute atomic E-state index is 6.12. The van der Waals surface area contributed by atoms with Crippen LogP contribution in [0.3, 0.4) is 0 Å². The molecule has 0 amide bonds. The molecule has 3 nitrogen and oxygen atoms in total. The maximum atomic E-state index is 6.12. The van der Waals surface area contributed by atoms with Gasteiger partial charge in [-0.25, -0.2) is 4.98 Å². The summed E-state index contributed by atoms with van der Waals surface area (Å²) in [5.41, 5.74) is 3.63. The van der Waals surface area contributed by atoms with Crippen molar-refractivity contribution < 1.29 is 0 Å². The second kappa shape index (κ2) is 6.34. The van der Waals surface area contributed by atoms with Crippen LogP contribution in [0.15, 0.2) is 48.8 Å². The molecule has 1 atom stereocenters. The van der Waals surface area contributed by atoms with E-state index in [4.69, 9.17) is 11.6 Å². The molecule has 1 aliphatic heterocycles. The molecule has 118 valence electrons. The zero-order valence-corrected chi connectivity index (χ0v) is 13.8. The SMILES string of the molecule is Clc1cccc(Cc2cn(CC3CCCN3)c3ncccc23)c1. The van der Waals surface area contributed by atoms with Crippen molar-refractivity contribution in [2.45, 2.75) is 31.8 Å². The summed E-state index contributed by atoms with van der Waals surface area (Å²) >= 11 is 6.12. The van der Waals surface area contributed by atoms with Crippen molar-refractivity contribution in [3.63, 3.8) is 0 Å². The third-order valence-electron chi connectivity index (χ3n) is 4.58. The zero-order valence-electron chi connectivity index (χ0n) is 13.0. The first kappa shape index (κ1) is 14.7. The Morgan fingerprint density at radius 1 is 1.26 bits per heavy atom. The van der Waals surface area contributed by atoms with Gasteiger partial charge in [-0.15, -0.1) is 0 Å². The minimum Gasteiger partial charge on any atom is -0.331 e. The Morgan fingerprint density at radius 3 is 3.04 bits per heavy atom. The summed E-state index contributed by atoms with van der Waals surface area (Å²) in [4.78, 5) is 4.61. The lowest BCUT2D eigenvalue weighted by Gasteiger charge is -2.11. The quantitative estimate of drug-likeness (QED) is 0.784. The molecule has 2 aromatic heterocycles. The van der Waals surface area contributed by atoms with Crippen LogP contribution in [0.5, 0.6) is 0 Å². The minimum absolute atomic E-state index is 0.562. The van der Waals surface area contributed by atoms with Crippen LogP contribution < -0.4 is 5.32 Å². The Morgan fingerprint density at radius 2 is 2.22 bits per heavy atom. The normalized spacial score (nSPS) is 17.9. The Balaban J connectivity index is 1.68. The third kappa shape index (κ3) is 3.12. The van der Waals surface area contributed by atoms with Crippen LogP contribution in [0.2, 0.25) is 5.02 Å². The van der Waals surface area contributed by atoms with Crippen LogP contribution in [0, 0.1) is 0 Å². The van der Waals surface area contributed by atoms with E-state index < -0.39 is 0 Å². The van der Waals surface area contributed by atoms with E-state index >= 15 is 0 Å². The molecule has 1 aliphatic rings. The van der Waals surface area contributed by atoms with Gasteiger partial charge in [0.05, 0.1) is 0 Å². The minimum atomic E-state index is 0.562. The van der Waals surface area contributed by atoms with E-state index in [0.29, 0.717) is 6.04 Å². The lowest BCUT2D eigenvalue weighted by Crippen LogP contribution is -2.26. The second-order valence-corrected chi connectivity index (χ2v) is 6.72. The highest BCUT2D eigenvalue weighted by atomic mass is 35.5. The van der Waals surface area contributed by atoms with Gasteiger partial charge >= 0.3 is 0 Å². The first-order valence-corrected chi connectivity index (χ1v) is 8.58. The van der Waals surface area contributed by atoms with Gasteiger partial charge in [0, 0.05) is 35.4 Å². The number of pyridine rings is 1. The third-order valence-corrected chi connectivity index (χ3v) is 4.81. The molecule has 1 fully saturated rings. The lowest BCUT2D eigenvalue weighted by molar-refractivity contribution is 0.516. The van der Waals surface area contributed by atoms with Gasteiger partial charge in [-0.2, -0.15) is 0 Å². The molecular formula is C19H20ClN3. The van der Waals surface area contributed by atoms with Crippen LogP contribution in [0.1, 0.15) is 24.0 Å². The molecule has 1 unspecified atom stereocenters. The standard InChI is InChI=1S/C19H20ClN3/c20-16-5-1-4-14(11-16)10-15-12-23(13-17-6-2-8-21-17)19-18(15)7-3-9-22-19/h1,3-5,7,9,11-12,17,21H,2,6,8,10,13H2. The smallest absolute Gasteiger partial charge is 0.140 e. The van der Waals surface area contributed by atoms with Gasteiger partial charge in [-0.1, -0.05) is 23.7 Å². The fourth-order valence-corrected chi connectivity index (χ4v) is 3.71. The molecule has 4 rings (SSSR count). The molecule has 3 aromatic rings. The number of nitrogens with one attached hydrogen (secondary N) is 1. The van der Waals surface area contributed by atoms with Crippen LogP contribution >= 0.6 is 11.6 Å². The number of fused-ring (bicyclic) bond motifs is 1. The van der Waals surface area contributed by atoms with E-state index in [1.165, 1.54) is 29.4 Å². The van der Waals surface area contributed by atoms with E-state index in [2.05, 4.69) is 33.2 Å². The molecule has 1 aromatic carbocycles. The van der Waals surface area contributed by atoms with Gasteiger partial charge in [0.1, 0.15) is 5.65 Å². The summed E-state index contributed by atoms with van der Waals surface area (Å²) < 4.78 is 2.30. The first-order chi connectivity index (χ1) is 11.3. The summed E-state index contributed by atoms with van der Waals surface area (Å²) in [6, 6.07) is 12.8. The number of nitrogens with zero attached hydrogens (tertiary/aromatic N) is 2. The predicted octanol–water partition coefficient (Wildman–Crippen LogP) is 4.03. The summed E-state index contributed by atoms with van der Waals surface area (Å²) in [6.07, 6.45) is 7.54. The number of benzene rings is 1. The second-order valence-electron chi connectivity index (χ2n) is 6.28. The topological polar surface area (TPSA) is 29.9 Å². The van der Waals surface area contributed by atoms with Crippen molar-refractivity contribution in [3.8, 4) is 0 Å². The predicted molar refractivity (Wildman–Crippen MR) is 95.0 cm³/mol. The number of aromatic nitrogens is 2. The van der Waals surface area contributed by atoms with Gasteiger partial charge < -0.3 is 9.88 Å². The Hall–Kier alpha value is -1.84. The van der Waals surface area contributed by atoms with Gasteiger partial charge in [-0.3, -0.25) is 0 Å². The van der Waals surface area contributed by atoms with Crippen LogP contribution in [-0.2, 0) is 13.0 Å². The summed E-state index contributed by atoms with van der Waals surface area (Å²) in [5.74, 6) is 0. The molecule has 0 radical (unpaired) electrons. The summed E-state index contributed by atoms with van der Waals surface area (Å²) in [5, 5.41) is 5.60. The number of hydrogen-bond acceptors (Lipinski definition) is 2. The maximum Gasteiger partial charge on any atom is 0.140 e. The van der Waals surface area contributed by atoms with E-state index in [1.54, 1.807) is 0 Å². The molecule has 0 saturated carbocycles. The van der Waals surface area contributed by atoms with E-state index in [-0.39, 0.29) is 0 Å². The molecule has 0 aliphatic carbocycles. The average molecular weight is 326 g/mol.